The van der Waals surface area contributed by atoms with Crippen molar-refractivity contribution in [2.75, 3.05) is 11.4 Å². The molecule has 1 N–H and O–H groups in total. The van der Waals surface area contributed by atoms with E-state index in [-0.39, 0.29) is 0 Å². The number of hydrogen-bond donors (Lipinski definition) is 1. The van der Waals surface area contributed by atoms with Crippen molar-refractivity contribution in [3.63, 3.8) is 0 Å². The summed E-state index contributed by atoms with van der Waals surface area (Å²) < 4.78 is 0. The summed E-state index contributed by atoms with van der Waals surface area (Å²) in [5, 5.41) is 13.6. The first-order chi connectivity index (χ1) is 9.70. The Kier molecular flexibility index (Phi) is 3.03. The zero-order chi connectivity index (χ0) is 14.1. The van der Waals surface area contributed by atoms with Gasteiger partial charge in [-0.3, -0.25) is 4.90 Å². The number of hydrogen-bond acceptors (Lipinski definition) is 1. The number of nitrogens with zero attached hydrogens (tertiary/aromatic N) is 1. The molecule has 0 aliphatic heterocycles. The molecular weight excluding hydrogens is 250 g/mol. The Morgan fingerprint density at radius 1 is 1.00 bits per heavy atom. The van der Waals surface area contributed by atoms with Crippen LogP contribution in [-0.2, 0) is 0 Å². The van der Waals surface area contributed by atoms with E-state index in [0.29, 0.717) is 6.54 Å². The maximum absolute atomic E-state index is 11.4. The van der Waals surface area contributed by atoms with E-state index in [0.717, 1.165) is 27.2 Å². The number of rotatable bonds is 2. The van der Waals surface area contributed by atoms with Crippen LogP contribution in [0, 0.1) is 0 Å². The number of benzene rings is 3. The Bertz CT molecular complexity index is 795. The Morgan fingerprint density at radius 3 is 2.30 bits per heavy atom. The van der Waals surface area contributed by atoms with Gasteiger partial charge >= 0.3 is 6.09 Å². The summed E-state index contributed by atoms with van der Waals surface area (Å²) >= 11 is 0. The van der Waals surface area contributed by atoms with Crippen LogP contribution in [0.5, 0.6) is 0 Å². The Balaban J connectivity index is 2.32. The van der Waals surface area contributed by atoms with Crippen molar-refractivity contribution in [1.29, 1.82) is 0 Å². The van der Waals surface area contributed by atoms with E-state index in [4.69, 9.17) is 0 Å². The SMILES string of the molecule is CCN(C(=O)O)c1cccc2cc3ccccc3cc12. The zero-order valence-corrected chi connectivity index (χ0v) is 11.2. The van der Waals surface area contributed by atoms with Crippen molar-refractivity contribution in [1.82, 2.24) is 0 Å². The second-order valence-electron chi connectivity index (χ2n) is 4.72. The Hall–Kier alpha value is -2.55. The first kappa shape index (κ1) is 12.5. The summed E-state index contributed by atoms with van der Waals surface area (Å²) in [4.78, 5) is 12.7. The quantitative estimate of drug-likeness (QED) is 0.693. The van der Waals surface area contributed by atoms with Gasteiger partial charge < -0.3 is 5.11 Å². The van der Waals surface area contributed by atoms with E-state index in [1.807, 2.05) is 43.3 Å². The van der Waals surface area contributed by atoms with Crippen LogP contribution >= 0.6 is 0 Å². The van der Waals surface area contributed by atoms with Gasteiger partial charge in [0, 0.05) is 11.9 Å². The molecule has 3 rings (SSSR count). The summed E-state index contributed by atoms with van der Waals surface area (Å²) in [6.07, 6.45) is -0.923. The van der Waals surface area contributed by atoms with Crippen LogP contribution < -0.4 is 4.90 Å². The number of fused-ring (bicyclic) bond motifs is 2. The van der Waals surface area contributed by atoms with Gasteiger partial charge in [-0.15, -0.1) is 0 Å². The highest BCUT2D eigenvalue weighted by molar-refractivity contribution is 6.07. The van der Waals surface area contributed by atoms with Crippen molar-refractivity contribution in [3.05, 3.63) is 54.6 Å². The summed E-state index contributed by atoms with van der Waals surface area (Å²) in [6.45, 7) is 2.27. The third-order valence-corrected chi connectivity index (χ3v) is 3.56. The highest BCUT2D eigenvalue weighted by Gasteiger charge is 2.14. The van der Waals surface area contributed by atoms with Crippen molar-refractivity contribution in [2.24, 2.45) is 0 Å². The summed E-state index contributed by atoms with van der Waals surface area (Å²) in [7, 11) is 0. The second kappa shape index (κ2) is 4.85. The van der Waals surface area contributed by atoms with Crippen molar-refractivity contribution in [2.45, 2.75) is 6.92 Å². The number of anilines is 1. The molecule has 100 valence electrons. The molecule has 0 unspecified atom stereocenters. The molecule has 0 spiro atoms. The Morgan fingerprint density at radius 2 is 1.65 bits per heavy atom. The molecule has 0 bridgehead atoms. The van der Waals surface area contributed by atoms with Crippen molar-refractivity contribution in [3.8, 4) is 0 Å². The third-order valence-electron chi connectivity index (χ3n) is 3.56. The normalized spacial score (nSPS) is 10.8. The lowest BCUT2D eigenvalue weighted by Gasteiger charge is -2.19. The smallest absolute Gasteiger partial charge is 0.411 e. The summed E-state index contributed by atoms with van der Waals surface area (Å²) in [5.74, 6) is 0. The van der Waals surface area contributed by atoms with Gasteiger partial charge in [0.25, 0.3) is 0 Å². The van der Waals surface area contributed by atoms with Gasteiger partial charge in [0.1, 0.15) is 0 Å². The van der Waals surface area contributed by atoms with Gasteiger partial charge in [0.2, 0.25) is 0 Å². The van der Waals surface area contributed by atoms with E-state index in [1.165, 1.54) is 4.90 Å². The topological polar surface area (TPSA) is 40.5 Å². The predicted molar refractivity (Wildman–Crippen MR) is 82.5 cm³/mol. The van der Waals surface area contributed by atoms with Gasteiger partial charge in [0.05, 0.1) is 5.69 Å². The van der Waals surface area contributed by atoms with Crippen LogP contribution in [0.2, 0.25) is 0 Å². The number of carbonyl (C=O) groups is 1. The van der Waals surface area contributed by atoms with E-state index in [2.05, 4.69) is 18.2 Å². The highest BCUT2D eigenvalue weighted by Crippen LogP contribution is 2.30. The van der Waals surface area contributed by atoms with Gasteiger partial charge in [-0.1, -0.05) is 36.4 Å². The molecule has 1 amide bonds. The second-order valence-corrected chi connectivity index (χ2v) is 4.72. The van der Waals surface area contributed by atoms with Crippen LogP contribution in [0.4, 0.5) is 10.5 Å². The fourth-order valence-corrected chi connectivity index (χ4v) is 2.59. The van der Waals surface area contributed by atoms with Gasteiger partial charge in [0.15, 0.2) is 0 Å². The molecule has 20 heavy (non-hydrogen) atoms. The Labute approximate surface area is 117 Å². The maximum Gasteiger partial charge on any atom is 0.411 e. The largest absolute Gasteiger partial charge is 0.465 e. The lowest BCUT2D eigenvalue weighted by molar-refractivity contribution is 0.202. The number of amides is 1. The van der Waals surface area contributed by atoms with E-state index < -0.39 is 6.09 Å². The molecule has 3 aromatic carbocycles. The highest BCUT2D eigenvalue weighted by atomic mass is 16.4. The summed E-state index contributed by atoms with van der Waals surface area (Å²) in [6, 6.07) is 18.0. The van der Waals surface area contributed by atoms with Crippen molar-refractivity contribution < 1.29 is 9.90 Å². The molecule has 3 heteroatoms. The predicted octanol–water partition coefficient (Wildman–Crippen LogP) is 4.50. The van der Waals surface area contributed by atoms with E-state index in [1.54, 1.807) is 0 Å². The van der Waals surface area contributed by atoms with Crippen LogP contribution in [0.25, 0.3) is 21.5 Å². The van der Waals surface area contributed by atoms with Crippen LogP contribution in [0.15, 0.2) is 54.6 Å². The molecule has 3 nitrogen and oxygen atoms in total. The molecule has 0 aliphatic carbocycles. The van der Waals surface area contributed by atoms with E-state index >= 15 is 0 Å². The molecule has 0 fully saturated rings. The first-order valence-corrected chi connectivity index (χ1v) is 6.62. The minimum absolute atomic E-state index is 0.432. The standard InChI is InChI=1S/C17H15NO2/c1-2-18(17(19)20)16-9-5-8-14-10-12-6-3-4-7-13(12)11-15(14)16/h3-11H,2H2,1H3,(H,19,20). The van der Waals surface area contributed by atoms with Gasteiger partial charge in [-0.05, 0) is 41.3 Å². The first-order valence-electron chi connectivity index (χ1n) is 6.62. The minimum atomic E-state index is -0.923. The lowest BCUT2D eigenvalue weighted by atomic mass is 10.0. The average molecular weight is 265 g/mol. The van der Waals surface area contributed by atoms with E-state index in [9.17, 15) is 9.90 Å². The average Bonchev–Trinajstić information content (AvgIpc) is 2.46. The lowest BCUT2D eigenvalue weighted by Crippen LogP contribution is -2.28. The molecule has 0 heterocycles. The molecular formula is C17H15NO2. The molecule has 0 aliphatic rings. The maximum atomic E-state index is 11.4. The fourth-order valence-electron chi connectivity index (χ4n) is 2.59. The molecule has 0 aromatic heterocycles. The third kappa shape index (κ3) is 1.97. The van der Waals surface area contributed by atoms with Crippen LogP contribution in [-0.4, -0.2) is 17.7 Å². The fraction of sp³-hybridized carbons (Fsp3) is 0.118. The van der Waals surface area contributed by atoms with Crippen LogP contribution in [0.1, 0.15) is 6.92 Å². The molecule has 0 saturated carbocycles. The minimum Gasteiger partial charge on any atom is -0.465 e. The van der Waals surface area contributed by atoms with Gasteiger partial charge in [-0.2, -0.15) is 0 Å². The molecule has 0 saturated heterocycles. The molecule has 0 radical (unpaired) electrons. The van der Waals surface area contributed by atoms with Gasteiger partial charge in [-0.25, -0.2) is 4.79 Å². The van der Waals surface area contributed by atoms with Crippen LogP contribution in [0.3, 0.4) is 0 Å². The molecule has 0 atom stereocenters. The zero-order valence-electron chi connectivity index (χ0n) is 11.2. The van der Waals surface area contributed by atoms with Crippen molar-refractivity contribution >= 4 is 33.3 Å². The number of carboxylic acid groups (broad SMARTS) is 1. The molecule has 3 aromatic rings. The monoisotopic (exact) mass is 265 g/mol. The summed E-state index contributed by atoms with van der Waals surface area (Å²) in [5.41, 5.74) is 0.739.